The predicted molar refractivity (Wildman–Crippen MR) is 72.3 cm³/mol. The van der Waals surface area contributed by atoms with Gasteiger partial charge >= 0.3 is 0 Å². The molecule has 2 rings (SSSR count). The standard InChI is InChI=1S/C13H11N3O3/c17-16(18)12-8-6-11(7-9-12)15-14-10-19-13-4-2-1-3-5-13/h1-10,15H. The van der Waals surface area contributed by atoms with Gasteiger partial charge in [-0.2, -0.15) is 0 Å². The lowest BCUT2D eigenvalue weighted by atomic mass is 10.3. The number of benzene rings is 2. The Bertz CT molecular complexity index is 567. The summed E-state index contributed by atoms with van der Waals surface area (Å²) in [5, 5.41) is 14.3. The van der Waals surface area contributed by atoms with E-state index in [1.54, 1.807) is 24.3 Å². The second-order valence-corrected chi connectivity index (χ2v) is 3.58. The van der Waals surface area contributed by atoms with E-state index in [0.717, 1.165) is 0 Å². The number of anilines is 1. The largest absolute Gasteiger partial charge is 0.444 e. The van der Waals surface area contributed by atoms with Crippen LogP contribution in [0.3, 0.4) is 0 Å². The van der Waals surface area contributed by atoms with E-state index in [9.17, 15) is 10.1 Å². The van der Waals surface area contributed by atoms with Crippen LogP contribution in [0.1, 0.15) is 0 Å². The molecule has 0 spiro atoms. The van der Waals surface area contributed by atoms with Crippen molar-refractivity contribution in [2.24, 2.45) is 5.10 Å². The first kappa shape index (κ1) is 12.6. The normalized spacial score (nSPS) is 10.3. The zero-order chi connectivity index (χ0) is 13.5. The molecule has 0 fully saturated rings. The summed E-state index contributed by atoms with van der Waals surface area (Å²) in [6, 6.07) is 15.1. The summed E-state index contributed by atoms with van der Waals surface area (Å²) in [6.45, 7) is 0. The van der Waals surface area contributed by atoms with Crippen LogP contribution in [0.2, 0.25) is 0 Å². The molecule has 0 unspecified atom stereocenters. The number of hydrogen-bond donors (Lipinski definition) is 1. The maximum absolute atomic E-state index is 10.5. The molecule has 0 bridgehead atoms. The van der Waals surface area contributed by atoms with Crippen LogP contribution in [0.25, 0.3) is 0 Å². The van der Waals surface area contributed by atoms with E-state index in [4.69, 9.17) is 4.74 Å². The Morgan fingerprint density at radius 1 is 1.11 bits per heavy atom. The Morgan fingerprint density at radius 3 is 2.42 bits per heavy atom. The molecular formula is C13H11N3O3. The molecule has 6 nitrogen and oxygen atoms in total. The van der Waals surface area contributed by atoms with Crippen LogP contribution in [0.15, 0.2) is 59.7 Å². The summed E-state index contributed by atoms with van der Waals surface area (Å²) in [7, 11) is 0. The Balaban J connectivity index is 1.86. The molecule has 1 N–H and O–H groups in total. The molecule has 0 amide bonds. The van der Waals surface area contributed by atoms with E-state index in [1.807, 2.05) is 18.2 Å². The van der Waals surface area contributed by atoms with Crippen molar-refractivity contribution in [1.29, 1.82) is 0 Å². The SMILES string of the molecule is O=[N+]([O-])c1ccc(NN=COc2ccccc2)cc1. The molecule has 96 valence electrons. The highest BCUT2D eigenvalue weighted by molar-refractivity contribution is 5.55. The van der Waals surface area contributed by atoms with Crippen LogP contribution in [0.4, 0.5) is 11.4 Å². The molecule has 0 aliphatic heterocycles. The van der Waals surface area contributed by atoms with E-state index >= 15 is 0 Å². The first-order valence-corrected chi connectivity index (χ1v) is 5.49. The Hall–Kier alpha value is -2.89. The van der Waals surface area contributed by atoms with Crippen molar-refractivity contribution >= 4 is 17.8 Å². The third-order valence-corrected chi connectivity index (χ3v) is 2.26. The monoisotopic (exact) mass is 257 g/mol. The number of nitro groups is 1. The third-order valence-electron chi connectivity index (χ3n) is 2.26. The van der Waals surface area contributed by atoms with Crippen molar-refractivity contribution in [2.45, 2.75) is 0 Å². The topological polar surface area (TPSA) is 76.8 Å². The number of para-hydroxylation sites is 1. The van der Waals surface area contributed by atoms with Crippen LogP contribution in [0.5, 0.6) is 5.75 Å². The first-order valence-electron chi connectivity index (χ1n) is 5.49. The smallest absolute Gasteiger partial charge is 0.269 e. The molecule has 0 aromatic heterocycles. The quantitative estimate of drug-likeness (QED) is 0.386. The average Bonchev–Trinajstić information content (AvgIpc) is 2.45. The molecule has 0 saturated heterocycles. The lowest BCUT2D eigenvalue weighted by Gasteiger charge is -2.00. The van der Waals surface area contributed by atoms with E-state index in [1.165, 1.54) is 18.5 Å². The fraction of sp³-hybridized carbons (Fsp3) is 0. The number of nitrogens with zero attached hydrogens (tertiary/aromatic N) is 2. The van der Waals surface area contributed by atoms with Gasteiger partial charge < -0.3 is 4.74 Å². The van der Waals surface area contributed by atoms with Gasteiger partial charge in [-0.05, 0) is 24.3 Å². The summed E-state index contributed by atoms with van der Waals surface area (Å²) in [5.41, 5.74) is 3.38. The van der Waals surface area contributed by atoms with E-state index in [0.29, 0.717) is 11.4 Å². The number of hydrazone groups is 1. The maximum atomic E-state index is 10.5. The van der Waals surface area contributed by atoms with Gasteiger partial charge in [-0.1, -0.05) is 18.2 Å². The number of hydrogen-bond acceptors (Lipinski definition) is 5. The van der Waals surface area contributed by atoms with Crippen LogP contribution in [-0.2, 0) is 0 Å². The Morgan fingerprint density at radius 2 is 1.79 bits per heavy atom. The van der Waals surface area contributed by atoms with E-state index in [2.05, 4.69) is 10.5 Å². The van der Waals surface area contributed by atoms with Crippen molar-refractivity contribution < 1.29 is 9.66 Å². The number of non-ortho nitro benzene ring substituents is 1. The minimum absolute atomic E-state index is 0.0371. The molecule has 0 radical (unpaired) electrons. The minimum atomic E-state index is -0.453. The molecule has 0 aliphatic carbocycles. The molecule has 2 aromatic rings. The first-order chi connectivity index (χ1) is 9.25. The van der Waals surface area contributed by atoms with Gasteiger partial charge in [-0.25, -0.2) is 0 Å². The molecule has 6 heteroatoms. The van der Waals surface area contributed by atoms with Crippen molar-refractivity contribution in [3.8, 4) is 5.75 Å². The second-order valence-electron chi connectivity index (χ2n) is 3.58. The fourth-order valence-electron chi connectivity index (χ4n) is 1.34. The van der Waals surface area contributed by atoms with Crippen LogP contribution in [0, 0.1) is 10.1 Å². The van der Waals surface area contributed by atoms with Gasteiger partial charge in [0.2, 0.25) is 0 Å². The lowest BCUT2D eigenvalue weighted by molar-refractivity contribution is -0.384. The van der Waals surface area contributed by atoms with Crippen LogP contribution < -0.4 is 10.2 Å². The minimum Gasteiger partial charge on any atom is -0.444 e. The summed E-state index contributed by atoms with van der Waals surface area (Å²) < 4.78 is 5.23. The van der Waals surface area contributed by atoms with Gasteiger partial charge in [-0.15, -0.1) is 5.10 Å². The fourth-order valence-corrected chi connectivity index (χ4v) is 1.34. The molecule has 0 aliphatic rings. The van der Waals surface area contributed by atoms with Crippen molar-refractivity contribution in [2.75, 3.05) is 5.43 Å². The molecule has 0 heterocycles. The second kappa shape index (κ2) is 6.15. The molecule has 0 atom stereocenters. The highest BCUT2D eigenvalue weighted by Crippen LogP contribution is 2.15. The Labute approximate surface area is 109 Å². The van der Waals surface area contributed by atoms with Gasteiger partial charge in [0.1, 0.15) is 5.75 Å². The molecule has 0 saturated carbocycles. The van der Waals surface area contributed by atoms with Gasteiger partial charge in [0.05, 0.1) is 10.6 Å². The average molecular weight is 257 g/mol. The number of rotatable bonds is 5. The molecular weight excluding hydrogens is 246 g/mol. The van der Waals surface area contributed by atoms with E-state index in [-0.39, 0.29) is 5.69 Å². The van der Waals surface area contributed by atoms with Crippen molar-refractivity contribution in [3.05, 3.63) is 64.7 Å². The van der Waals surface area contributed by atoms with Gasteiger partial charge in [0.15, 0.2) is 6.40 Å². The summed E-state index contributed by atoms with van der Waals surface area (Å²) in [4.78, 5) is 10.0. The van der Waals surface area contributed by atoms with Gasteiger partial charge in [0, 0.05) is 12.1 Å². The number of nitrogens with one attached hydrogen (secondary N) is 1. The predicted octanol–water partition coefficient (Wildman–Crippen LogP) is 3.03. The molecule has 2 aromatic carbocycles. The van der Waals surface area contributed by atoms with Crippen molar-refractivity contribution in [3.63, 3.8) is 0 Å². The highest BCUT2D eigenvalue weighted by Gasteiger charge is 2.02. The van der Waals surface area contributed by atoms with Gasteiger partial charge in [0.25, 0.3) is 5.69 Å². The highest BCUT2D eigenvalue weighted by atomic mass is 16.6. The van der Waals surface area contributed by atoms with Crippen molar-refractivity contribution in [1.82, 2.24) is 0 Å². The Kier molecular flexibility index (Phi) is 4.07. The summed E-state index contributed by atoms with van der Waals surface area (Å²) in [5.74, 6) is 0.678. The van der Waals surface area contributed by atoms with Crippen LogP contribution in [-0.4, -0.2) is 11.3 Å². The zero-order valence-electron chi connectivity index (χ0n) is 9.89. The summed E-state index contributed by atoms with van der Waals surface area (Å²) in [6.07, 6.45) is 1.26. The third kappa shape index (κ3) is 3.81. The maximum Gasteiger partial charge on any atom is 0.269 e. The zero-order valence-corrected chi connectivity index (χ0v) is 9.89. The lowest BCUT2D eigenvalue weighted by Crippen LogP contribution is -1.95. The summed E-state index contributed by atoms with van der Waals surface area (Å²) >= 11 is 0. The van der Waals surface area contributed by atoms with E-state index < -0.39 is 4.92 Å². The molecule has 19 heavy (non-hydrogen) atoms. The number of ether oxygens (including phenoxy) is 1. The van der Waals surface area contributed by atoms with Crippen LogP contribution >= 0.6 is 0 Å². The van der Waals surface area contributed by atoms with Gasteiger partial charge in [-0.3, -0.25) is 15.5 Å². The number of nitro benzene ring substituents is 1.